The van der Waals surface area contributed by atoms with E-state index in [4.69, 9.17) is 0 Å². The van der Waals surface area contributed by atoms with E-state index in [1.807, 2.05) is 47.4 Å². The van der Waals surface area contributed by atoms with E-state index in [2.05, 4.69) is 12.2 Å². The molecule has 4 heteroatoms. The highest BCUT2D eigenvalue weighted by molar-refractivity contribution is 6.03. The number of amides is 2. The molecule has 0 spiro atoms. The Morgan fingerprint density at radius 1 is 0.964 bits per heavy atom. The maximum absolute atomic E-state index is 13.0. The van der Waals surface area contributed by atoms with Crippen LogP contribution < -0.4 is 5.32 Å². The highest BCUT2D eigenvalue weighted by Crippen LogP contribution is 2.17. The maximum Gasteiger partial charge on any atom is 0.270 e. The lowest BCUT2D eigenvalue weighted by atomic mass is 9.99. The van der Waals surface area contributed by atoms with Gasteiger partial charge in [-0.15, -0.1) is 0 Å². The van der Waals surface area contributed by atoms with Crippen LogP contribution in [-0.4, -0.2) is 29.8 Å². The Morgan fingerprint density at radius 2 is 1.57 bits per heavy atom. The number of piperidine rings is 1. The van der Waals surface area contributed by atoms with Crippen LogP contribution in [0.5, 0.6) is 0 Å². The number of rotatable bonds is 5. The van der Waals surface area contributed by atoms with Gasteiger partial charge in [0.05, 0.1) is 0 Å². The summed E-state index contributed by atoms with van der Waals surface area (Å²) in [5, 5.41) is 2.81. The minimum atomic E-state index is -0.279. The standard InChI is InChI=1S/C24H26N2O2/c1-19-15-17-26(18-16-19)24(28)22(14-8-11-20-9-4-2-5-10-20)25-23(27)21-12-6-3-7-13-21/h2-14,19H,15-18H2,1H3,(H,25,27)/b11-8-,22-14-. The third-order valence-electron chi connectivity index (χ3n) is 4.94. The number of likely N-dealkylation sites (tertiary alicyclic amines) is 1. The Labute approximate surface area is 166 Å². The molecule has 0 saturated carbocycles. The summed E-state index contributed by atoms with van der Waals surface area (Å²) in [5.41, 5.74) is 1.86. The van der Waals surface area contributed by atoms with Crippen LogP contribution in [0.25, 0.3) is 6.08 Å². The van der Waals surface area contributed by atoms with E-state index >= 15 is 0 Å². The lowest BCUT2D eigenvalue weighted by Crippen LogP contribution is -2.42. The van der Waals surface area contributed by atoms with Crippen LogP contribution in [0.15, 0.2) is 78.5 Å². The molecule has 28 heavy (non-hydrogen) atoms. The molecule has 0 atom stereocenters. The monoisotopic (exact) mass is 374 g/mol. The number of nitrogens with one attached hydrogen (secondary N) is 1. The summed E-state index contributed by atoms with van der Waals surface area (Å²) in [6.45, 7) is 3.65. The minimum Gasteiger partial charge on any atom is -0.337 e. The second-order valence-corrected chi connectivity index (χ2v) is 7.15. The van der Waals surface area contributed by atoms with Crippen molar-refractivity contribution < 1.29 is 9.59 Å². The van der Waals surface area contributed by atoms with Gasteiger partial charge in [0.2, 0.25) is 0 Å². The largest absolute Gasteiger partial charge is 0.337 e. The van der Waals surface area contributed by atoms with Crippen molar-refractivity contribution in [3.63, 3.8) is 0 Å². The zero-order valence-electron chi connectivity index (χ0n) is 16.2. The Balaban J connectivity index is 1.78. The van der Waals surface area contributed by atoms with Gasteiger partial charge in [0.1, 0.15) is 5.70 Å². The van der Waals surface area contributed by atoms with Crippen LogP contribution in [0.2, 0.25) is 0 Å². The predicted octanol–water partition coefficient (Wildman–Crippen LogP) is 4.27. The van der Waals surface area contributed by atoms with Gasteiger partial charge in [0.25, 0.3) is 11.8 Å². The van der Waals surface area contributed by atoms with Gasteiger partial charge in [-0.1, -0.05) is 67.6 Å². The average Bonchev–Trinajstić information content (AvgIpc) is 2.74. The Bertz CT molecular complexity index is 849. The SMILES string of the molecule is CC1CCN(C(=O)/C(=C/C=C\c2ccccc2)NC(=O)c2ccccc2)CC1. The van der Waals surface area contributed by atoms with Crippen molar-refractivity contribution in [1.82, 2.24) is 10.2 Å². The first kappa shape index (κ1) is 19.6. The molecule has 4 nitrogen and oxygen atoms in total. The molecular formula is C24H26N2O2. The maximum atomic E-state index is 13.0. The van der Waals surface area contributed by atoms with E-state index < -0.39 is 0 Å². The summed E-state index contributed by atoms with van der Waals surface area (Å²) < 4.78 is 0. The number of benzene rings is 2. The molecule has 2 aromatic carbocycles. The van der Waals surface area contributed by atoms with Crippen LogP contribution in [-0.2, 0) is 4.79 Å². The molecule has 0 aromatic heterocycles. The van der Waals surface area contributed by atoms with Crippen molar-refractivity contribution in [1.29, 1.82) is 0 Å². The summed E-state index contributed by atoms with van der Waals surface area (Å²) in [4.78, 5) is 27.4. The van der Waals surface area contributed by atoms with Crippen LogP contribution in [0.1, 0.15) is 35.7 Å². The highest BCUT2D eigenvalue weighted by Gasteiger charge is 2.24. The molecule has 2 amide bonds. The summed E-state index contributed by atoms with van der Waals surface area (Å²) >= 11 is 0. The van der Waals surface area contributed by atoms with Crippen molar-refractivity contribution in [2.24, 2.45) is 5.92 Å². The Hall–Kier alpha value is -3.14. The van der Waals surface area contributed by atoms with E-state index in [9.17, 15) is 9.59 Å². The van der Waals surface area contributed by atoms with Crippen LogP contribution in [0.3, 0.4) is 0 Å². The van der Waals surface area contributed by atoms with Gasteiger partial charge >= 0.3 is 0 Å². The molecule has 1 aliphatic rings. The molecule has 3 rings (SSSR count). The van der Waals surface area contributed by atoms with Crippen LogP contribution in [0.4, 0.5) is 0 Å². The fourth-order valence-corrected chi connectivity index (χ4v) is 3.15. The van der Waals surface area contributed by atoms with Crippen molar-refractivity contribution in [2.45, 2.75) is 19.8 Å². The number of hydrogen-bond acceptors (Lipinski definition) is 2. The summed E-state index contributed by atoms with van der Waals surface area (Å²) in [7, 11) is 0. The molecule has 1 fully saturated rings. The van der Waals surface area contributed by atoms with E-state index in [-0.39, 0.29) is 11.8 Å². The molecular weight excluding hydrogens is 348 g/mol. The van der Waals surface area contributed by atoms with Gasteiger partial charge in [0.15, 0.2) is 0 Å². The summed E-state index contributed by atoms with van der Waals surface area (Å²) in [6.07, 6.45) is 7.39. The first-order valence-corrected chi connectivity index (χ1v) is 9.72. The number of allylic oxidation sites excluding steroid dienone is 2. The molecule has 1 N–H and O–H groups in total. The Kier molecular flexibility index (Phi) is 6.79. The van der Waals surface area contributed by atoms with Crippen molar-refractivity contribution >= 4 is 17.9 Å². The van der Waals surface area contributed by atoms with Gasteiger partial charge in [-0.25, -0.2) is 0 Å². The third kappa shape index (κ3) is 5.43. The molecule has 1 saturated heterocycles. The smallest absolute Gasteiger partial charge is 0.270 e. The Morgan fingerprint density at radius 3 is 2.21 bits per heavy atom. The third-order valence-corrected chi connectivity index (χ3v) is 4.94. The van der Waals surface area contributed by atoms with Crippen molar-refractivity contribution in [3.05, 3.63) is 89.6 Å². The lowest BCUT2D eigenvalue weighted by molar-refractivity contribution is -0.128. The first-order valence-electron chi connectivity index (χ1n) is 9.72. The average molecular weight is 374 g/mol. The molecule has 144 valence electrons. The zero-order chi connectivity index (χ0) is 19.8. The van der Waals surface area contributed by atoms with Gasteiger partial charge in [0, 0.05) is 18.7 Å². The van der Waals surface area contributed by atoms with E-state index in [0.29, 0.717) is 17.2 Å². The van der Waals surface area contributed by atoms with Gasteiger partial charge < -0.3 is 10.2 Å². The number of hydrogen-bond donors (Lipinski definition) is 1. The molecule has 0 unspecified atom stereocenters. The summed E-state index contributed by atoms with van der Waals surface area (Å²) in [6, 6.07) is 18.8. The van der Waals surface area contributed by atoms with Gasteiger partial charge in [-0.05, 0) is 42.5 Å². The second-order valence-electron chi connectivity index (χ2n) is 7.15. The predicted molar refractivity (Wildman–Crippen MR) is 112 cm³/mol. The van der Waals surface area contributed by atoms with Gasteiger partial charge in [-0.3, -0.25) is 9.59 Å². The van der Waals surface area contributed by atoms with Gasteiger partial charge in [-0.2, -0.15) is 0 Å². The zero-order valence-corrected chi connectivity index (χ0v) is 16.2. The van der Waals surface area contributed by atoms with Crippen LogP contribution >= 0.6 is 0 Å². The van der Waals surface area contributed by atoms with E-state index in [1.165, 1.54) is 0 Å². The number of carbonyl (C=O) groups excluding carboxylic acids is 2. The minimum absolute atomic E-state index is 0.131. The molecule has 1 heterocycles. The quantitative estimate of drug-likeness (QED) is 0.628. The van der Waals surface area contributed by atoms with E-state index in [1.54, 1.807) is 36.4 Å². The van der Waals surface area contributed by atoms with Crippen molar-refractivity contribution in [3.8, 4) is 0 Å². The lowest BCUT2D eigenvalue weighted by Gasteiger charge is -2.31. The molecule has 2 aromatic rings. The topological polar surface area (TPSA) is 49.4 Å². The molecule has 1 aliphatic heterocycles. The van der Waals surface area contributed by atoms with Crippen molar-refractivity contribution in [2.75, 3.05) is 13.1 Å². The summed E-state index contributed by atoms with van der Waals surface area (Å²) in [5.74, 6) is 0.223. The molecule has 0 bridgehead atoms. The highest BCUT2D eigenvalue weighted by atomic mass is 16.2. The fraction of sp³-hybridized carbons (Fsp3) is 0.250. The number of carbonyl (C=O) groups is 2. The van der Waals surface area contributed by atoms with E-state index in [0.717, 1.165) is 31.5 Å². The molecule has 0 radical (unpaired) electrons. The fourth-order valence-electron chi connectivity index (χ4n) is 3.15. The first-order chi connectivity index (χ1) is 13.6. The number of nitrogens with zero attached hydrogens (tertiary/aromatic N) is 1. The normalized spacial score (nSPS) is 15.6. The second kappa shape index (κ2) is 9.70. The molecule has 0 aliphatic carbocycles. The van der Waals surface area contributed by atoms with Crippen LogP contribution in [0, 0.1) is 5.92 Å².